The Morgan fingerprint density at radius 2 is 1.92 bits per heavy atom. The average Bonchev–Trinajstić information content (AvgIpc) is 2.84. The summed E-state index contributed by atoms with van der Waals surface area (Å²) in [5, 5.41) is 11.7. The van der Waals surface area contributed by atoms with Crippen molar-refractivity contribution in [3.63, 3.8) is 0 Å². The Bertz CT molecular complexity index is 1040. The molecule has 0 aliphatic carbocycles. The van der Waals surface area contributed by atoms with Crippen LogP contribution in [0.4, 0.5) is 0 Å². The second kappa shape index (κ2) is 5.01. The van der Waals surface area contributed by atoms with Crippen molar-refractivity contribution >= 4 is 16.9 Å². The second-order valence-corrected chi connectivity index (χ2v) is 5.75. The van der Waals surface area contributed by atoms with Gasteiger partial charge in [0.15, 0.2) is 11.4 Å². The molecule has 4 rings (SSSR count). The zero-order chi connectivity index (χ0) is 16.9. The van der Waals surface area contributed by atoms with E-state index in [0.29, 0.717) is 22.2 Å². The van der Waals surface area contributed by atoms with Gasteiger partial charge in [0.1, 0.15) is 6.61 Å². The van der Waals surface area contributed by atoms with E-state index in [-0.39, 0.29) is 18.0 Å². The first-order chi connectivity index (χ1) is 11.5. The molecule has 1 aliphatic rings. The zero-order valence-electron chi connectivity index (χ0n) is 12.9. The third-order valence-electron chi connectivity index (χ3n) is 4.22. The highest BCUT2D eigenvalue weighted by atomic mass is 16.5. The third kappa shape index (κ3) is 1.90. The van der Waals surface area contributed by atoms with Gasteiger partial charge in [-0.15, -0.1) is 0 Å². The first-order valence-electron chi connectivity index (χ1n) is 7.50. The molecule has 0 saturated heterocycles. The van der Waals surface area contributed by atoms with Gasteiger partial charge in [-0.1, -0.05) is 30.3 Å². The number of aromatic nitrogens is 2. The number of esters is 1. The van der Waals surface area contributed by atoms with E-state index in [4.69, 9.17) is 4.74 Å². The van der Waals surface area contributed by atoms with Crippen molar-refractivity contribution in [1.29, 1.82) is 0 Å². The fraction of sp³-hybridized carbons (Fsp3) is 0.167. The number of nitrogens with zero attached hydrogens (tertiary/aromatic N) is 2. The maximum atomic E-state index is 12.9. The number of hydrogen-bond donors (Lipinski definition) is 1. The number of benzene rings is 2. The molecule has 1 N–H and O–H groups in total. The topological polar surface area (TPSA) is 81.4 Å². The summed E-state index contributed by atoms with van der Waals surface area (Å²) >= 11 is 0. The molecule has 1 aromatic heterocycles. The van der Waals surface area contributed by atoms with Crippen molar-refractivity contribution in [2.75, 3.05) is 6.61 Å². The molecule has 0 unspecified atom stereocenters. The molecule has 6 nitrogen and oxygen atoms in total. The van der Waals surface area contributed by atoms with Gasteiger partial charge in [-0.2, -0.15) is 0 Å². The van der Waals surface area contributed by atoms with E-state index in [2.05, 4.69) is 4.98 Å². The van der Waals surface area contributed by atoms with Crippen LogP contribution in [-0.2, 0) is 15.1 Å². The van der Waals surface area contributed by atoms with Crippen molar-refractivity contribution in [1.82, 2.24) is 9.55 Å². The summed E-state index contributed by atoms with van der Waals surface area (Å²) in [6.45, 7) is 0.968. The highest BCUT2D eigenvalue weighted by Crippen LogP contribution is 2.39. The van der Waals surface area contributed by atoms with Crippen LogP contribution >= 0.6 is 0 Å². The lowest BCUT2D eigenvalue weighted by Crippen LogP contribution is -2.35. The molecule has 3 aromatic rings. The molecule has 0 bridgehead atoms. The summed E-state index contributed by atoms with van der Waals surface area (Å²) in [6.07, 6.45) is 0. The number of para-hydroxylation sites is 2. The van der Waals surface area contributed by atoms with Crippen LogP contribution in [0.5, 0.6) is 0 Å². The Hall–Kier alpha value is -2.99. The van der Waals surface area contributed by atoms with Crippen molar-refractivity contribution in [3.05, 3.63) is 70.3 Å². The smallest absolute Gasteiger partial charge is 0.302 e. The van der Waals surface area contributed by atoms with Crippen LogP contribution in [0.1, 0.15) is 18.3 Å². The molecule has 2 heterocycles. The molecule has 2 aromatic carbocycles. The van der Waals surface area contributed by atoms with E-state index in [1.165, 1.54) is 11.5 Å². The van der Waals surface area contributed by atoms with Crippen molar-refractivity contribution in [2.45, 2.75) is 12.5 Å². The zero-order valence-corrected chi connectivity index (χ0v) is 12.9. The molecule has 0 fully saturated rings. The van der Waals surface area contributed by atoms with E-state index < -0.39 is 11.6 Å². The maximum Gasteiger partial charge on any atom is 0.302 e. The fourth-order valence-electron chi connectivity index (χ4n) is 3.12. The number of ether oxygens (including phenoxy) is 1. The summed E-state index contributed by atoms with van der Waals surface area (Å²) in [4.78, 5) is 28.6. The number of carbonyl (C=O) groups is 1. The van der Waals surface area contributed by atoms with Crippen LogP contribution in [0.25, 0.3) is 16.6 Å². The van der Waals surface area contributed by atoms with Crippen LogP contribution in [0.15, 0.2) is 53.3 Å². The van der Waals surface area contributed by atoms with Gasteiger partial charge < -0.3 is 9.84 Å². The van der Waals surface area contributed by atoms with Gasteiger partial charge in [-0.05, 0) is 18.2 Å². The summed E-state index contributed by atoms with van der Waals surface area (Å²) in [5.74, 6) is -0.351. The highest BCUT2D eigenvalue weighted by molar-refractivity contribution is 5.79. The largest absolute Gasteiger partial charge is 0.462 e. The fourth-order valence-corrected chi connectivity index (χ4v) is 3.12. The Kier molecular flexibility index (Phi) is 3.04. The van der Waals surface area contributed by atoms with Crippen molar-refractivity contribution in [2.24, 2.45) is 0 Å². The number of rotatable bonds is 2. The molecule has 0 spiro atoms. The molecule has 1 aliphatic heterocycles. The minimum absolute atomic E-state index is 0.161. The van der Waals surface area contributed by atoms with E-state index >= 15 is 0 Å². The van der Waals surface area contributed by atoms with Crippen LogP contribution in [0.2, 0.25) is 0 Å². The van der Waals surface area contributed by atoms with Crippen molar-refractivity contribution < 1.29 is 14.6 Å². The monoisotopic (exact) mass is 322 g/mol. The number of aliphatic hydroxyl groups is 1. The van der Waals surface area contributed by atoms with Crippen LogP contribution in [0.3, 0.4) is 0 Å². The summed E-state index contributed by atoms with van der Waals surface area (Å²) in [6, 6.07) is 13.9. The standard InChI is InChI=1S/C18H14N2O4/c1-11(21)24-10-18(23)13-7-3-5-9-15(13)20-16(22)12-6-2-4-8-14(12)19-17(18)20/h2-9,23H,10H2,1H3/t18-/m0/s1. The lowest BCUT2D eigenvalue weighted by atomic mass is 9.95. The number of hydrogen-bond acceptors (Lipinski definition) is 5. The Morgan fingerprint density at radius 3 is 2.71 bits per heavy atom. The predicted molar refractivity (Wildman–Crippen MR) is 87.0 cm³/mol. The van der Waals surface area contributed by atoms with Crippen LogP contribution in [-0.4, -0.2) is 27.2 Å². The third-order valence-corrected chi connectivity index (χ3v) is 4.22. The predicted octanol–water partition coefficient (Wildman–Crippen LogP) is 1.50. The summed E-state index contributed by atoms with van der Waals surface area (Å²) < 4.78 is 6.44. The van der Waals surface area contributed by atoms with E-state index in [1.807, 2.05) is 0 Å². The van der Waals surface area contributed by atoms with Gasteiger partial charge in [-0.3, -0.25) is 14.2 Å². The quantitative estimate of drug-likeness (QED) is 0.723. The Morgan fingerprint density at radius 1 is 1.21 bits per heavy atom. The minimum Gasteiger partial charge on any atom is -0.462 e. The normalized spacial score (nSPS) is 18.2. The molecule has 6 heteroatoms. The molecule has 0 radical (unpaired) electrons. The minimum atomic E-state index is -1.66. The molecule has 1 atom stereocenters. The molecule has 24 heavy (non-hydrogen) atoms. The van der Waals surface area contributed by atoms with Gasteiger partial charge in [0.2, 0.25) is 0 Å². The summed E-state index contributed by atoms with van der Waals surface area (Å²) in [7, 11) is 0. The number of fused-ring (bicyclic) bond motifs is 4. The highest BCUT2D eigenvalue weighted by Gasteiger charge is 2.45. The summed E-state index contributed by atoms with van der Waals surface area (Å²) in [5.41, 5.74) is -0.396. The van der Waals surface area contributed by atoms with Gasteiger partial charge in [0, 0.05) is 12.5 Å². The molecular weight excluding hydrogens is 308 g/mol. The van der Waals surface area contributed by atoms with Gasteiger partial charge in [0.05, 0.1) is 16.6 Å². The Labute approximate surface area is 137 Å². The Balaban J connectivity index is 2.06. The SMILES string of the molecule is CC(=O)OC[C@]1(O)c2ccccc2-n2c1nc1ccccc1c2=O. The molecule has 0 amide bonds. The number of carbonyl (C=O) groups excluding carboxylic acids is 1. The van der Waals surface area contributed by atoms with Gasteiger partial charge in [-0.25, -0.2) is 4.98 Å². The first-order valence-corrected chi connectivity index (χ1v) is 7.50. The van der Waals surface area contributed by atoms with Gasteiger partial charge >= 0.3 is 5.97 Å². The average molecular weight is 322 g/mol. The van der Waals surface area contributed by atoms with E-state index in [1.54, 1.807) is 48.5 Å². The lowest BCUT2D eigenvalue weighted by Gasteiger charge is -2.22. The van der Waals surface area contributed by atoms with E-state index in [9.17, 15) is 14.7 Å². The molecule has 0 saturated carbocycles. The maximum absolute atomic E-state index is 12.9. The molecule has 120 valence electrons. The molecular formula is C18H14N2O4. The van der Waals surface area contributed by atoms with E-state index in [0.717, 1.165) is 0 Å². The lowest BCUT2D eigenvalue weighted by molar-refractivity contribution is -0.147. The van der Waals surface area contributed by atoms with Gasteiger partial charge in [0.25, 0.3) is 5.56 Å². The van der Waals surface area contributed by atoms with Crippen LogP contribution < -0.4 is 5.56 Å². The second-order valence-electron chi connectivity index (χ2n) is 5.75. The van der Waals surface area contributed by atoms with Crippen LogP contribution in [0, 0.1) is 0 Å². The first kappa shape index (κ1) is 14.6. The van der Waals surface area contributed by atoms with Crippen molar-refractivity contribution in [3.8, 4) is 5.69 Å².